The maximum Gasteiger partial charge on any atom is 0.343 e. The minimum Gasteiger partial charge on any atom is -0.440 e. The molecule has 0 unspecified atom stereocenters. The fraction of sp³-hybridized carbons (Fsp3) is 0.250. The molecule has 0 aliphatic rings. The van der Waals surface area contributed by atoms with Crippen LogP contribution in [0.2, 0.25) is 0 Å². The van der Waals surface area contributed by atoms with E-state index in [9.17, 15) is 4.79 Å². The standard InChI is InChI=1S/C12H12N4O2S2/c1-7-8(6-20-12-15-14-11(17)16(12)2)13-10(18-7)9-4-3-5-19-9/h3-5H,6H2,1-2H3,(H,14,17). The van der Waals surface area contributed by atoms with E-state index in [4.69, 9.17) is 4.42 Å². The summed E-state index contributed by atoms with van der Waals surface area (Å²) >= 11 is 3.04. The van der Waals surface area contributed by atoms with Gasteiger partial charge in [0.25, 0.3) is 0 Å². The predicted octanol–water partition coefficient (Wildman–Crippen LogP) is 2.43. The molecular weight excluding hydrogens is 296 g/mol. The molecule has 0 saturated carbocycles. The molecule has 0 radical (unpaired) electrons. The highest BCUT2D eigenvalue weighted by molar-refractivity contribution is 7.98. The first-order chi connectivity index (χ1) is 9.65. The number of oxazole rings is 1. The number of hydrogen-bond acceptors (Lipinski definition) is 6. The first kappa shape index (κ1) is 13.2. The molecule has 0 saturated heterocycles. The second-order valence-corrected chi connectivity index (χ2v) is 6.05. The summed E-state index contributed by atoms with van der Waals surface area (Å²) in [7, 11) is 1.68. The molecule has 1 N–H and O–H groups in total. The average molecular weight is 308 g/mol. The smallest absolute Gasteiger partial charge is 0.343 e. The second-order valence-electron chi connectivity index (χ2n) is 4.16. The molecular formula is C12H12N4O2S2. The molecule has 8 heteroatoms. The topological polar surface area (TPSA) is 76.7 Å². The largest absolute Gasteiger partial charge is 0.440 e. The summed E-state index contributed by atoms with van der Waals surface area (Å²) in [6, 6.07) is 3.94. The Bertz CT molecular complexity index is 770. The molecule has 104 valence electrons. The molecule has 0 amide bonds. The highest BCUT2D eigenvalue weighted by Gasteiger charge is 2.14. The van der Waals surface area contributed by atoms with Crippen LogP contribution in [0.15, 0.2) is 31.9 Å². The summed E-state index contributed by atoms with van der Waals surface area (Å²) < 4.78 is 7.14. The van der Waals surface area contributed by atoms with Gasteiger partial charge in [0, 0.05) is 12.8 Å². The summed E-state index contributed by atoms with van der Waals surface area (Å²) in [4.78, 5) is 16.8. The van der Waals surface area contributed by atoms with Crippen LogP contribution in [0.5, 0.6) is 0 Å². The van der Waals surface area contributed by atoms with Crippen LogP contribution in [0.25, 0.3) is 10.8 Å². The van der Waals surface area contributed by atoms with E-state index in [1.807, 2.05) is 24.4 Å². The van der Waals surface area contributed by atoms with Gasteiger partial charge in [-0.25, -0.2) is 14.9 Å². The fourth-order valence-electron chi connectivity index (χ4n) is 1.66. The van der Waals surface area contributed by atoms with Crippen LogP contribution in [-0.4, -0.2) is 19.7 Å². The molecule has 0 spiro atoms. The molecule has 0 fully saturated rings. The number of nitrogens with one attached hydrogen (secondary N) is 1. The molecule has 0 bridgehead atoms. The van der Waals surface area contributed by atoms with E-state index in [-0.39, 0.29) is 5.69 Å². The molecule has 0 aliphatic heterocycles. The third-order valence-electron chi connectivity index (χ3n) is 2.80. The third-order valence-corrected chi connectivity index (χ3v) is 4.70. The minimum atomic E-state index is -0.219. The zero-order valence-electron chi connectivity index (χ0n) is 10.9. The Morgan fingerprint density at radius 1 is 1.55 bits per heavy atom. The van der Waals surface area contributed by atoms with Gasteiger partial charge >= 0.3 is 5.69 Å². The normalized spacial score (nSPS) is 11.1. The van der Waals surface area contributed by atoms with Crippen molar-refractivity contribution in [2.45, 2.75) is 17.8 Å². The number of aromatic nitrogens is 4. The van der Waals surface area contributed by atoms with E-state index < -0.39 is 0 Å². The lowest BCUT2D eigenvalue weighted by atomic mass is 10.4. The van der Waals surface area contributed by atoms with Crippen molar-refractivity contribution in [1.29, 1.82) is 0 Å². The molecule has 0 atom stereocenters. The summed E-state index contributed by atoms with van der Waals surface area (Å²) in [5.41, 5.74) is 0.650. The predicted molar refractivity (Wildman–Crippen MR) is 77.9 cm³/mol. The van der Waals surface area contributed by atoms with Crippen molar-refractivity contribution < 1.29 is 4.42 Å². The lowest BCUT2D eigenvalue weighted by Gasteiger charge is -1.97. The summed E-state index contributed by atoms with van der Waals surface area (Å²) in [5.74, 6) is 2.05. The third kappa shape index (κ3) is 2.44. The van der Waals surface area contributed by atoms with Crippen LogP contribution >= 0.6 is 23.1 Å². The van der Waals surface area contributed by atoms with Crippen LogP contribution in [0.1, 0.15) is 11.5 Å². The molecule has 3 rings (SSSR count). The van der Waals surface area contributed by atoms with Crippen molar-refractivity contribution >= 4 is 23.1 Å². The Morgan fingerprint density at radius 2 is 2.40 bits per heavy atom. The van der Waals surface area contributed by atoms with Gasteiger partial charge in [-0.15, -0.1) is 16.4 Å². The Labute approximate surface area is 122 Å². The first-order valence-corrected chi connectivity index (χ1v) is 7.76. The monoisotopic (exact) mass is 308 g/mol. The van der Waals surface area contributed by atoms with Gasteiger partial charge < -0.3 is 4.42 Å². The van der Waals surface area contributed by atoms with Gasteiger partial charge in [0.05, 0.1) is 10.6 Å². The van der Waals surface area contributed by atoms with Gasteiger partial charge in [0.15, 0.2) is 5.16 Å². The van der Waals surface area contributed by atoms with E-state index in [0.717, 1.165) is 16.3 Å². The van der Waals surface area contributed by atoms with Gasteiger partial charge in [-0.1, -0.05) is 17.8 Å². The minimum absolute atomic E-state index is 0.219. The van der Waals surface area contributed by atoms with E-state index in [1.165, 1.54) is 16.3 Å². The summed E-state index contributed by atoms with van der Waals surface area (Å²) in [6.45, 7) is 1.89. The number of rotatable bonds is 4. The number of aromatic amines is 1. The average Bonchev–Trinajstić information content (AvgIpc) is 3.12. The summed E-state index contributed by atoms with van der Waals surface area (Å²) in [5, 5.41) is 8.98. The van der Waals surface area contributed by atoms with Gasteiger partial charge in [-0.05, 0) is 18.4 Å². The molecule has 3 aromatic rings. The Balaban J connectivity index is 1.78. The van der Waals surface area contributed by atoms with Crippen LogP contribution in [0.4, 0.5) is 0 Å². The maximum atomic E-state index is 11.3. The molecule has 3 heterocycles. The van der Waals surface area contributed by atoms with Crippen LogP contribution in [0, 0.1) is 6.92 Å². The van der Waals surface area contributed by atoms with Gasteiger partial charge in [0.1, 0.15) is 5.76 Å². The van der Waals surface area contributed by atoms with Crippen LogP contribution in [0.3, 0.4) is 0 Å². The number of nitrogens with zero attached hydrogens (tertiary/aromatic N) is 3. The molecule has 0 aromatic carbocycles. The fourth-order valence-corrected chi connectivity index (χ4v) is 3.23. The second kappa shape index (κ2) is 5.29. The molecule has 3 aromatic heterocycles. The number of hydrogen-bond donors (Lipinski definition) is 1. The van der Waals surface area contributed by atoms with Crippen molar-refractivity contribution in [3.8, 4) is 10.8 Å². The summed E-state index contributed by atoms with van der Waals surface area (Å²) in [6.07, 6.45) is 0. The number of thiophene rings is 1. The molecule has 6 nitrogen and oxygen atoms in total. The Morgan fingerprint density at radius 3 is 3.05 bits per heavy atom. The maximum absolute atomic E-state index is 11.3. The van der Waals surface area contributed by atoms with Crippen LogP contribution in [-0.2, 0) is 12.8 Å². The van der Waals surface area contributed by atoms with Gasteiger partial charge in [0.2, 0.25) is 5.89 Å². The van der Waals surface area contributed by atoms with E-state index >= 15 is 0 Å². The molecule has 0 aliphatic carbocycles. The van der Waals surface area contributed by atoms with Gasteiger partial charge in [-0.3, -0.25) is 4.57 Å². The zero-order valence-corrected chi connectivity index (χ0v) is 12.5. The Hall–Kier alpha value is -1.80. The Kier molecular flexibility index (Phi) is 3.49. The van der Waals surface area contributed by atoms with Crippen LogP contribution < -0.4 is 5.69 Å². The van der Waals surface area contributed by atoms with Crippen molar-refractivity contribution in [1.82, 2.24) is 19.7 Å². The highest BCUT2D eigenvalue weighted by Crippen LogP contribution is 2.28. The van der Waals surface area contributed by atoms with Crippen molar-refractivity contribution in [3.63, 3.8) is 0 Å². The number of aryl methyl sites for hydroxylation is 1. The van der Waals surface area contributed by atoms with Crippen molar-refractivity contribution in [2.75, 3.05) is 0 Å². The zero-order chi connectivity index (χ0) is 14.1. The van der Waals surface area contributed by atoms with Crippen molar-refractivity contribution in [2.24, 2.45) is 7.05 Å². The van der Waals surface area contributed by atoms with E-state index in [1.54, 1.807) is 18.4 Å². The quantitative estimate of drug-likeness (QED) is 0.749. The lowest BCUT2D eigenvalue weighted by molar-refractivity contribution is 0.542. The molecule has 20 heavy (non-hydrogen) atoms. The number of thioether (sulfide) groups is 1. The lowest BCUT2D eigenvalue weighted by Crippen LogP contribution is -2.12. The van der Waals surface area contributed by atoms with Gasteiger partial charge in [-0.2, -0.15) is 0 Å². The first-order valence-electron chi connectivity index (χ1n) is 5.89. The van der Waals surface area contributed by atoms with E-state index in [2.05, 4.69) is 15.2 Å². The van der Waals surface area contributed by atoms with E-state index in [0.29, 0.717) is 16.8 Å². The number of H-pyrrole nitrogens is 1. The SMILES string of the molecule is Cc1oc(-c2cccs2)nc1CSc1n[nH]c(=O)n1C. The highest BCUT2D eigenvalue weighted by atomic mass is 32.2. The van der Waals surface area contributed by atoms with Crippen molar-refractivity contribution in [3.05, 3.63) is 39.5 Å².